The molecule has 1 heterocycles. The van der Waals surface area contributed by atoms with Crippen LogP contribution in [0.5, 0.6) is 0 Å². The highest BCUT2D eigenvalue weighted by molar-refractivity contribution is 9.10. The molecule has 1 aliphatic heterocycles. The average Bonchev–Trinajstić information content (AvgIpc) is 3.01. The van der Waals surface area contributed by atoms with Gasteiger partial charge in [0.2, 0.25) is 5.91 Å². The minimum Gasteiger partial charge on any atom is -0.338 e. The first kappa shape index (κ1) is 17.7. The van der Waals surface area contributed by atoms with Gasteiger partial charge in [-0.25, -0.2) is 0 Å². The zero-order valence-corrected chi connectivity index (χ0v) is 16.0. The molecular formula is C20H21BrN2O2. The van der Waals surface area contributed by atoms with Gasteiger partial charge in [-0.3, -0.25) is 9.59 Å². The van der Waals surface area contributed by atoms with Crippen molar-refractivity contribution in [2.24, 2.45) is 0 Å². The Morgan fingerprint density at radius 2 is 1.92 bits per heavy atom. The van der Waals surface area contributed by atoms with E-state index >= 15 is 0 Å². The van der Waals surface area contributed by atoms with Crippen molar-refractivity contribution in [3.05, 3.63) is 63.6 Å². The monoisotopic (exact) mass is 400 g/mol. The Bertz CT molecular complexity index is 802. The summed E-state index contributed by atoms with van der Waals surface area (Å²) in [6.07, 6.45) is 1.58. The summed E-state index contributed by atoms with van der Waals surface area (Å²) in [6.45, 7) is 3.45. The molecule has 2 aromatic rings. The summed E-state index contributed by atoms with van der Waals surface area (Å²) >= 11 is 3.48. The first-order valence-corrected chi connectivity index (χ1v) is 9.16. The van der Waals surface area contributed by atoms with E-state index in [1.54, 1.807) is 11.9 Å². The predicted octanol–water partition coefficient (Wildman–Crippen LogP) is 4.16. The molecule has 4 nitrogen and oxygen atoms in total. The van der Waals surface area contributed by atoms with Crippen molar-refractivity contribution in [1.29, 1.82) is 0 Å². The third-order valence-electron chi connectivity index (χ3n) is 4.58. The number of nitrogens with zero attached hydrogens (tertiary/aromatic N) is 2. The van der Waals surface area contributed by atoms with Gasteiger partial charge in [-0.15, -0.1) is 0 Å². The molecule has 0 saturated carbocycles. The van der Waals surface area contributed by atoms with Crippen LogP contribution in [0.3, 0.4) is 0 Å². The maximum Gasteiger partial charge on any atom is 0.258 e. The Morgan fingerprint density at radius 3 is 2.52 bits per heavy atom. The second-order valence-electron chi connectivity index (χ2n) is 6.41. The fourth-order valence-electron chi connectivity index (χ4n) is 2.99. The lowest BCUT2D eigenvalue weighted by Gasteiger charge is -2.19. The van der Waals surface area contributed by atoms with Gasteiger partial charge in [0.1, 0.15) is 0 Å². The van der Waals surface area contributed by atoms with Gasteiger partial charge in [-0.05, 0) is 54.8 Å². The highest BCUT2D eigenvalue weighted by atomic mass is 79.9. The SMILES string of the molecule is Cc1cc(N(C)C(=O)c2ccc(CN3CCCC3=O)cc2)ccc1Br. The highest BCUT2D eigenvalue weighted by Gasteiger charge is 2.20. The molecule has 130 valence electrons. The number of hydrogen-bond donors (Lipinski definition) is 0. The molecule has 0 unspecified atom stereocenters. The van der Waals surface area contributed by atoms with E-state index in [1.165, 1.54) is 0 Å². The number of likely N-dealkylation sites (tertiary alicyclic amines) is 1. The molecule has 0 aliphatic carbocycles. The third-order valence-corrected chi connectivity index (χ3v) is 5.47. The van der Waals surface area contributed by atoms with E-state index < -0.39 is 0 Å². The fourth-order valence-corrected chi connectivity index (χ4v) is 3.24. The molecule has 0 bridgehead atoms. The van der Waals surface area contributed by atoms with Gasteiger partial charge in [0, 0.05) is 42.3 Å². The number of rotatable bonds is 4. The summed E-state index contributed by atoms with van der Waals surface area (Å²) in [5.41, 5.74) is 3.63. The van der Waals surface area contributed by atoms with Crippen molar-refractivity contribution < 1.29 is 9.59 Å². The van der Waals surface area contributed by atoms with Gasteiger partial charge in [0.25, 0.3) is 5.91 Å². The topological polar surface area (TPSA) is 40.6 Å². The van der Waals surface area contributed by atoms with E-state index in [0.29, 0.717) is 18.5 Å². The van der Waals surface area contributed by atoms with Gasteiger partial charge >= 0.3 is 0 Å². The molecular weight excluding hydrogens is 380 g/mol. The maximum absolute atomic E-state index is 12.7. The zero-order valence-electron chi connectivity index (χ0n) is 14.5. The van der Waals surface area contributed by atoms with E-state index in [2.05, 4.69) is 15.9 Å². The minimum atomic E-state index is -0.0504. The van der Waals surface area contributed by atoms with Crippen molar-refractivity contribution in [3.63, 3.8) is 0 Å². The van der Waals surface area contributed by atoms with Crippen LogP contribution in [0.1, 0.15) is 34.3 Å². The molecule has 1 fully saturated rings. The number of amides is 2. The minimum absolute atomic E-state index is 0.0504. The number of carbonyl (C=O) groups is 2. The number of hydrogen-bond acceptors (Lipinski definition) is 2. The molecule has 5 heteroatoms. The average molecular weight is 401 g/mol. The molecule has 0 aromatic heterocycles. The van der Waals surface area contributed by atoms with Crippen molar-refractivity contribution in [2.75, 3.05) is 18.5 Å². The zero-order chi connectivity index (χ0) is 18.0. The first-order valence-electron chi connectivity index (χ1n) is 8.36. The van der Waals surface area contributed by atoms with Crippen LogP contribution in [0.2, 0.25) is 0 Å². The fraction of sp³-hybridized carbons (Fsp3) is 0.300. The number of benzene rings is 2. The lowest BCUT2D eigenvalue weighted by molar-refractivity contribution is -0.128. The summed E-state index contributed by atoms with van der Waals surface area (Å²) in [4.78, 5) is 27.9. The normalized spacial score (nSPS) is 14.0. The van der Waals surface area contributed by atoms with Crippen LogP contribution in [0.4, 0.5) is 5.69 Å². The number of aryl methyl sites for hydroxylation is 1. The van der Waals surface area contributed by atoms with Gasteiger partial charge in [0.15, 0.2) is 0 Å². The van der Waals surface area contributed by atoms with Gasteiger partial charge in [-0.2, -0.15) is 0 Å². The van der Waals surface area contributed by atoms with Crippen LogP contribution in [-0.4, -0.2) is 30.3 Å². The standard InChI is InChI=1S/C20H21BrN2O2/c1-14-12-17(9-10-18(14)21)22(2)20(25)16-7-5-15(6-8-16)13-23-11-3-4-19(23)24/h5-10,12H,3-4,11,13H2,1-2H3. The third kappa shape index (κ3) is 3.93. The Morgan fingerprint density at radius 1 is 1.20 bits per heavy atom. The Balaban J connectivity index is 1.71. The quantitative estimate of drug-likeness (QED) is 0.772. The van der Waals surface area contributed by atoms with Crippen LogP contribution in [-0.2, 0) is 11.3 Å². The summed E-state index contributed by atoms with van der Waals surface area (Å²) < 4.78 is 1.03. The van der Waals surface area contributed by atoms with E-state index in [9.17, 15) is 9.59 Å². The molecule has 2 amide bonds. The lowest BCUT2D eigenvalue weighted by Crippen LogP contribution is -2.26. The predicted molar refractivity (Wildman–Crippen MR) is 103 cm³/mol. The maximum atomic E-state index is 12.7. The summed E-state index contributed by atoms with van der Waals surface area (Å²) in [6, 6.07) is 13.4. The summed E-state index contributed by atoms with van der Waals surface area (Å²) in [5.74, 6) is 0.163. The largest absolute Gasteiger partial charge is 0.338 e. The van der Waals surface area contributed by atoms with Crippen molar-refractivity contribution in [1.82, 2.24) is 4.90 Å². The van der Waals surface area contributed by atoms with E-state index in [4.69, 9.17) is 0 Å². The highest BCUT2D eigenvalue weighted by Crippen LogP contribution is 2.23. The first-order chi connectivity index (χ1) is 12.0. The van der Waals surface area contributed by atoms with Crippen LogP contribution in [0, 0.1) is 6.92 Å². The Labute approximate surface area is 156 Å². The van der Waals surface area contributed by atoms with E-state index in [1.807, 2.05) is 54.3 Å². The molecule has 1 saturated heterocycles. The Kier molecular flexibility index (Phi) is 5.23. The molecule has 25 heavy (non-hydrogen) atoms. The van der Waals surface area contributed by atoms with E-state index in [-0.39, 0.29) is 11.8 Å². The second-order valence-corrected chi connectivity index (χ2v) is 7.27. The molecule has 0 spiro atoms. The molecule has 1 aliphatic rings. The van der Waals surface area contributed by atoms with Crippen LogP contribution >= 0.6 is 15.9 Å². The van der Waals surface area contributed by atoms with Crippen molar-refractivity contribution >= 4 is 33.4 Å². The van der Waals surface area contributed by atoms with Gasteiger partial charge in [0.05, 0.1) is 0 Å². The molecule has 0 N–H and O–H groups in total. The second kappa shape index (κ2) is 7.40. The molecule has 0 atom stereocenters. The van der Waals surface area contributed by atoms with Crippen molar-refractivity contribution in [3.8, 4) is 0 Å². The number of halogens is 1. The summed E-state index contributed by atoms with van der Waals surface area (Å²) in [5, 5.41) is 0. The van der Waals surface area contributed by atoms with Crippen LogP contribution < -0.4 is 4.90 Å². The number of carbonyl (C=O) groups excluding carboxylic acids is 2. The smallest absolute Gasteiger partial charge is 0.258 e. The number of anilines is 1. The lowest BCUT2D eigenvalue weighted by atomic mass is 10.1. The van der Waals surface area contributed by atoms with Gasteiger partial charge < -0.3 is 9.80 Å². The summed E-state index contributed by atoms with van der Waals surface area (Å²) in [7, 11) is 1.78. The Hall–Kier alpha value is -2.14. The van der Waals surface area contributed by atoms with Gasteiger partial charge in [-0.1, -0.05) is 28.1 Å². The van der Waals surface area contributed by atoms with Crippen molar-refractivity contribution in [2.45, 2.75) is 26.3 Å². The van der Waals surface area contributed by atoms with Crippen LogP contribution in [0.25, 0.3) is 0 Å². The molecule has 2 aromatic carbocycles. The van der Waals surface area contributed by atoms with E-state index in [0.717, 1.165) is 34.3 Å². The molecule has 0 radical (unpaired) electrons. The molecule has 3 rings (SSSR count). The van der Waals surface area contributed by atoms with Crippen LogP contribution in [0.15, 0.2) is 46.9 Å².